The van der Waals surface area contributed by atoms with Gasteiger partial charge in [-0.2, -0.15) is 4.39 Å². The Balaban J connectivity index is 2.17. The van der Waals surface area contributed by atoms with Crippen molar-refractivity contribution in [1.29, 1.82) is 0 Å². The lowest BCUT2D eigenvalue weighted by Gasteiger charge is -2.09. The third-order valence-electron chi connectivity index (χ3n) is 2.43. The molecule has 3 nitrogen and oxygen atoms in total. The Kier molecular flexibility index (Phi) is 4.61. The summed E-state index contributed by atoms with van der Waals surface area (Å²) >= 11 is 7.89. The highest BCUT2D eigenvalue weighted by molar-refractivity contribution is 9.10. The molecule has 7 heteroatoms. The molecule has 104 valence electrons. The number of nitrogens with zero attached hydrogens (tertiary/aromatic N) is 1. The summed E-state index contributed by atoms with van der Waals surface area (Å²) in [5.74, 6) is -2.18. The lowest BCUT2D eigenvalue weighted by molar-refractivity contribution is 0.284. The molecule has 0 unspecified atom stereocenters. The number of benzene rings is 1. The summed E-state index contributed by atoms with van der Waals surface area (Å²) in [6, 6.07) is 5.69. The average molecular weight is 359 g/mol. The second kappa shape index (κ2) is 6.23. The highest BCUT2D eigenvalue weighted by Crippen LogP contribution is 2.26. The maximum Gasteiger partial charge on any atom is 0.200 e. The Hall–Kier alpha value is -1.60. The first-order valence-electron chi connectivity index (χ1n) is 5.49. The van der Waals surface area contributed by atoms with Gasteiger partial charge in [-0.1, -0.05) is 28.1 Å². The number of pyridine rings is 1. The van der Waals surface area contributed by atoms with Gasteiger partial charge in [0.2, 0.25) is 5.82 Å². The zero-order valence-corrected chi connectivity index (χ0v) is 12.5. The molecule has 0 spiro atoms. The van der Waals surface area contributed by atoms with Crippen LogP contribution in [0.4, 0.5) is 8.78 Å². The molecule has 0 amide bonds. The molecule has 2 aromatic rings. The molecule has 0 atom stereocenters. The van der Waals surface area contributed by atoms with Crippen LogP contribution in [-0.4, -0.2) is 9.97 Å². The molecule has 0 radical (unpaired) electrons. The fourth-order valence-electron chi connectivity index (χ4n) is 1.50. The fraction of sp³-hybridized carbons (Fsp3) is 0.0769. The molecular weight excluding hydrogens is 350 g/mol. The second-order valence-electron chi connectivity index (χ2n) is 3.90. The molecular formula is C13H9BrF2N2OS. The predicted octanol–water partition coefficient (Wildman–Crippen LogP) is 3.34. The van der Waals surface area contributed by atoms with Crippen molar-refractivity contribution in [3.05, 3.63) is 57.8 Å². The Bertz CT molecular complexity index is 667. The van der Waals surface area contributed by atoms with Crippen LogP contribution in [-0.2, 0) is 6.61 Å². The Morgan fingerprint density at radius 3 is 2.80 bits per heavy atom. The lowest BCUT2D eigenvalue weighted by Crippen LogP contribution is -2.12. The molecule has 1 aromatic carbocycles. The van der Waals surface area contributed by atoms with Crippen molar-refractivity contribution >= 4 is 33.1 Å². The molecule has 0 saturated heterocycles. The van der Waals surface area contributed by atoms with Gasteiger partial charge in [0.05, 0.1) is 5.69 Å². The molecule has 2 rings (SSSR count). The summed E-state index contributed by atoms with van der Waals surface area (Å²) in [7, 11) is 0. The van der Waals surface area contributed by atoms with Gasteiger partial charge in [-0.3, -0.25) is 4.98 Å². The standard InChI is InChI=1S/C13H9BrF2N2OS/c14-8-4-9(15)12(16)11(5-8)19-6-7-1-2-18-10(3-7)13(17)20/h1-5H,6H2,(H2,17,20). The highest BCUT2D eigenvalue weighted by atomic mass is 79.9. The molecule has 0 saturated carbocycles. The fourth-order valence-corrected chi connectivity index (χ4v) is 2.02. The number of halogens is 3. The van der Waals surface area contributed by atoms with E-state index in [0.29, 0.717) is 15.7 Å². The van der Waals surface area contributed by atoms with Crippen molar-refractivity contribution in [2.24, 2.45) is 5.73 Å². The SMILES string of the molecule is NC(=S)c1cc(COc2cc(Br)cc(F)c2F)ccn1. The maximum atomic E-state index is 13.5. The van der Waals surface area contributed by atoms with E-state index in [1.54, 1.807) is 12.1 Å². The summed E-state index contributed by atoms with van der Waals surface area (Å²) in [5.41, 5.74) is 6.61. The summed E-state index contributed by atoms with van der Waals surface area (Å²) in [6.45, 7) is 0.0466. The quantitative estimate of drug-likeness (QED) is 0.672. The van der Waals surface area contributed by atoms with Crippen molar-refractivity contribution in [2.45, 2.75) is 6.61 Å². The van der Waals surface area contributed by atoms with E-state index in [-0.39, 0.29) is 17.3 Å². The van der Waals surface area contributed by atoms with Gasteiger partial charge in [0.15, 0.2) is 11.6 Å². The van der Waals surface area contributed by atoms with E-state index < -0.39 is 11.6 Å². The Morgan fingerprint density at radius 2 is 2.10 bits per heavy atom. The van der Waals surface area contributed by atoms with Crippen molar-refractivity contribution < 1.29 is 13.5 Å². The summed E-state index contributed by atoms with van der Waals surface area (Å²) in [6.07, 6.45) is 1.52. The molecule has 0 aliphatic rings. The van der Waals surface area contributed by atoms with Crippen LogP contribution < -0.4 is 10.5 Å². The summed E-state index contributed by atoms with van der Waals surface area (Å²) in [4.78, 5) is 4.14. The van der Waals surface area contributed by atoms with Crippen molar-refractivity contribution in [2.75, 3.05) is 0 Å². The zero-order valence-electron chi connectivity index (χ0n) is 10.1. The number of nitrogens with two attached hydrogens (primary N) is 1. The summed E-state index contributed by atoms with van der Waals surface area (Å²) < 4.78 is 32.4. The average Bonchev–Trinajstić information content (AvgIpc) is 2.41. The van der Waals surface area contributed by atoms with Crippen LogP contribution in [0.15, 0.2) is 34.9 Å². The predicted molar refractivity (Wildman–Crippen MR) is 78.5 cm³/mol. The minimum absolute atomic E-state index is 0.0466. The van der Waals surface area contributed by atoms with Crippen molar-refractivity contribution in [3.8, 4) is 5.75 Å². The number of ether oxygens (including phenoxy) is 1. The van der Waals surface area contributed by atoms with Crippen LogP contribution in [0.25, 0.3) is 0 Å². The van der Waals surface area contributed by atoms with Gasteiger partial charge in [-0.15, -0.1) is 0 Å². The first kappa shape index (κ1) is 14.8. The first-order valence-corrected chi connectivity index (χ1v) is 6.69. The van der Waals surface area contributed by atoms with Crippen LogP contribution in [0.1, 0.15) is 11.3 Å². The Labute approximate surface area is 127 Å². The van der Waals surface area contributed by atoms with E-state index in [4.69, 9.17) is 22.7 Å². The van der Waals surface area contributed by atoms with E-state index in [0.717, 1.165) is 6.07 Å². The summed E-state index contributed by atoms with van der Waals surface area (Å²) in [5, 5.41) is 0. The topological polar surface area (TPSA) is 48.1 Å². The van der Waals surface area contributed by atoms with Crippen LogP contribution in [0.2, 0.25) is 0 Å². The van der Waals surface area contributed by atoms with Crippen molar-refractivity contribution in [3.63, 3.8) is 0 Å². The van der Waals surface area contributed by atoms with Crippen LogP contribution in [0.5, 0.6) is 5.75 Å². The minimum atomic E-state index is -1.03. The van der Waals surface area contributed by atoms with Gasteiger partial charge in [-0.05, 0) is 29.8 Å². The first-order chi connectivity index (χ1) is 9.47. The van der Waals surface area contributed by atoms with Crippen molar-refractivity contribution in [1.82, 2.24) is 4.98 Å². The molecule has 0 aliphatic heterocycles. The molecule has 2 N–H and O–H groups in total. The molecule has 1 aromatic heterocycles. The van der Waals surface area contributed by atoms with Gasteiger partial charge in [0.25, 0.3) is 0 Å². The maximum absolute atomic E-state index is 13.5. The monoisotopic (exact) mass is 358 g/mol. The lowest BCUT2D eigenvalue weighted by atomic mass is 10.2. The largest absolute Gasteiger partial charge is 0.486 e. The number of thiocarbonyl (C=S) groups is 1. The molecule has 0 bridgehead atoms. The van der Waals surface area contributed by atoms with E-state index in [1.807, 2.05) is 0 Å². The van der Waals surface area contributed by atoms with Crippen LogP contribution >= 0.6 is 28.1 Å². The smallest absolute Gasteiger partial charge is 0.200 e. The Morgan fingerprint density at radius 1 is 1.35 bits per heavy atom. The molecule has 20 heavy (non-hydrogen) atoms. The number of hydrogen-bond acceptors (Lipinski definition) is 3. The third kappa shape index (κ3) is 3.49. The third-order valence-corrected chi connectivity index (χ3v) is 3.10. The normalized spacial score (nSPS) is 10.3. The van der Waals surface area contributed by atoms with Crippen LogP contribution in [0.3, 0.4) is 0 Å². The minimum Gasteiger partial charge on any atom is -0.486 e. The van der Waals surface area contributed by atoms with Crippen LogP contribution in [0, 0.1) is 11.6 Å². The molecule has 0 fully saturated rings. The number of rotatable bonds is 4. The van der Waals surface area contributed by atoms with E-state index in [2.05, 4.69) is 20.9 Å². The van der Waals surface area contributed by atoms with Gasteiger partial charge in [0, 0.05) is 10.7 Å². The molecule has 1 heterocycles. The van der Waals surface area contributed by atoms with Gasteiger partial charge < -0.3 is 10.5 Å². The van der Waals surface area contributed by atoms with Gasteiger partial charge in [-0.25, -0.2) is 4.39 Å². The van der Waals surface area contributed by atoms with E-state index in [1.165, 1.54) is 12.3 Å². The van der Waals surface area contributed by atoms with Gasteiger partial charge >= 0.3 is 0 Å². The van der Waals surface area contributed by atoms with E-state index in [9.17, 15) is 8.78 Å². The number of hydrogen-bond donors (Lipinski definition) is 1. The van der Waals surface area contributed by atoms with E-state index >= 15 is 0 Å². The second-order valence-corrected chi connectivity index (χ2v) is 5.26. The highest BCUT2D eigenvalue weighted by Gasteiger charge is 2.11. The zero-order chi connectivity index (χ0) is 14.7. The number of aromatic nitrogens is 1. The van der Waals surface area contributed by atoms with Gasteiger partial charge in [0.1, 0.15) is 11.6 Å². The molecule has 0 aliphatic carbocycles.